The zero-order valence-electron chi connectivity index (χ0n) is 12.7. The number of oxazole rings is 1. The molecule has 2 aromatic rings. The Morgan fingerprint density at radius 1 is 1.29 bits per heavy atom. The van der Waals surface area contributed by atoms with E-state index in [0.717, 1.165) is 5.56 Å². The average molecular weight is 313 g/mol. The predicted molar refractivity (Wildman–Crippen MR) is 85.6 cm³/mol. The zero-order valence-corrected chi connectivity index (χ0v) is 13.5. The summed E-state index contributed by atoms with van der Waals surface area (Å²) in [4.78, 5) is 4.32. The first kappa shape index (κ1) is 17.2. The second kappa shape index (κ2) is 7.78. The molecule has 1 heterocycles. The molecule has 2 rings (SSSR count). The van der Waals surface area contributed by atoms with E-state index in [1.54, 1.807) is 20.4 Å². The highest BCUT2D eigenvalue weighted by Gasteiger charge is 2.11. The Morgan fingerprint density at radius 3 is 2.62 bits per heavy atom. The Labute approximate surface area is 131 Å². The number of rotatable bonds is 6. The van der Waals surface area contributed by atoms with Gasteiger partial charge in [0.25, 0.3) is 0 Å². The smallest absolute Gasteiger partial charge is 0.228 e. The van der Waals surface area contributed by atoms with Crippen LogP contribution in [0.3, 0.4) is 0 Å². The van der Waals surface area contributed by atoms with Crippen molar-refractivity contribution in [3.05, 3.63) is 24.5 Å². The second-order valence-electron chi connectivity index (χ2n) is 4.86. The van der Waals surface area contributed by atoms with Gasteiger partial charge in [0, 0.05) is 12.6 Å². The minimum atomic E-state index is 0. The lowest BCUT2D eigenvalue weighted by Crippen LogP contribution is -2.05. The van der Waals surface area contributed by atoms with Gasteiger partial charge in [-0.2, -0.15) is 4.98 Å². The SMILES string of the molecule is CNc1coc(-c2ccc(OC)c(OCC(C)C)c2)n1.Cl. The molecule has 0 saturated heterocycles. The van der Waals surface area contributed by atoms with Gasteiger partial charge in [0.2, 0.25) is 5.89 Å². The molecule has 1 aromatic carbocycles. The van der Waals surface area contributed by atoms with E-state index >= 15 is 0 Å². The summed E-state index contributed by atoms with van der Waals surface area (Å²) < 4.78 is 16.5. The van der Waals surface area contributed by atoms with Crippen LogP contribution in [0.1, 0.15) is 13.8 Å². The Hall–Kier alpha value is -1.88. The maximum atomic E-state index is 5.77. The first-order valence-corrected chi connectivity index (χ1v) is 6.58. The van der Waals surface area contributed by atoms with E-state index < -0.39 is 0 Å². The third kappa shape index (κ3) is 4.29. The second-order valence-corrected chi connectivity index (χ2v) is 4.86. The number of hydrogen-bond acceptors (Lipinski definition) is 5. The van der Waals surface area contributed by atoms with Crippen molar-refractivity contribution in [3.63, 3.8) is 0 Å². The summed E-state index contributed by atoms with van der Waals surface area (Å²) in [6.45, 7) is 4.83. The van der Waals surface area contributed by atoms with Crippen molar-refractivity contribution in [2.45, 2.75) is 13.8 Å². The van der Waals surface area contributed by atoms with Crippen LogP contribution in [-0.2, 0) is 0 Å². The maximum Gasteiger partial charge on any atom is 0.228 e. The average Bonchev–Trinajstić information content (AvgIpc) is 2.93. The lowest BCUT2D eigenvalue weighted by Gasteiger charge is -2.13. The van der Waals surface area contributed by atoms with Gasteiger partial charge in [0.1, 0.15) is 6.26 Å². The third-order valence-electron chi connectivity index (χ3n) is 2.74. The van der Waals surface area contributed by atoms with Gasteiger partial charge >= 0.3 is 0 Å². The van der Waals surface area contributed by atoms with Crippen LogP contribution in [0.25, 0.3) is 11.5 Å². The summed E-state index contributed by atoms with van der Waals surface area (Å²) in [7, 11) is 3.42. The topological polar surface area (TPSA) is 56.5 Å². The molecule has 0 aliphatic heterocycles. The van der Waals surface area contributed by atoms with E-state index in [2.05, 4.69) is 24.1 Å². The summed E-state index contributed by atoms with van der Waals surface area (Å²) in [5.41, 5.74) is 0.853. The molecular formula is C15H21ClN2O3. The van der Waals surface area contributed by atoms with Crippen molar-refractivity contribution in [2.75, 3.05) is 26.1 Å². The largest absolute Gasteiger partial charge is 0.493 e. The maximum absolute atomic E-state index is 5.77. The monoisotopic (exact) mass is 312 g/mol. The lowest BCUT2D eigenvalue weighted by atomic mass is 10.2. The fourth-order valence-corrected chi connectivity index (χ4v) is 1.70. The zero-order chi connectivity index (χ0) is 14.5. The molecule has 0 bridgehead atoms. The van der Waals surface area contributed by atoms with Gasteiger partial charge in [-0.05, 0) is 24.1 Å². The van der Waals surface area contributed by atoms with Gasteiger partial charge in [-0.25, -0.2) is 0 Å². The number of nitrogens with zero attached hydrogens (tertiary/aromatic N) is 1. The summed E-state index contributed by atoms with van der Waals surface area (Å²) >= 11 is 0. The number of benzene rings is 1. The number of methoxy groups -OCH3 is 1. The molecule has 6 heteroatoms. The minimum absolute atomic E-state index is 0. The molecule has 0 amide bonds. The minimum Gasteiger partial charge on any atom is -0.493 e. The lowest BCUT2D eigenvalue weighted by molar-refractivity contribution is 0.257. The highest BCUT2D eigenvalue weighted by molar-refractivity contribution is 5.85. The van der Waals surface area contributed by atoms with Gasteiger partial charge in [-0.1, -0.05) is 13.8 Å². The molecule has 5 nitrogen and oxygen atoms in total. The molecule has 21 heavy (non-hydrogen) atoms. The Kier molecular flexibility index (Phi) is 6.37. The van der Waals surface area contributed by atoms with Gasteiger partial charge in [0.05, 0.1) is 13.7 Å². The van der Waals surface area contributed by atoms with E-state index in [1.807, 2.05) is 18.2 Å². The highest BCUT2D eigenvalue weighted by Crippen LogP contribution is 2.32. The van der Waals surface area contributed by atoms with Crippen LogP contribution >= 0.6 is 12.4 Å². The number of aromatic nitrogens is 1. The van der Waals surface area contributed by atoms with Crippen molar-refractivity contribution in [1.82, 2.24) is 4.98 Å². The van der Waals surface area contributed by atoms with E-state index in [4.69, 9.17) is 13.9 Å². The Balaban J connectivity index is 0.00000220. The molecule has 116 valence electrons. The molecule has 0 fully saturated rings. The first-order chi connectivity index (χ1) is 9.63. The van der Waals surface area contributed by atoms with Crippen molar-refractivity contribution in [1.29, 1.82) is 0 Å². The van der Waals surface area contributed by atoms with Gasteiger partial charge in [-0.3, -0.25) is 0 Å². The normalized spacial score (nSPS) is 10.1. The standard InChI is InChI=1S/C15H20N2O3.ClH/c1-10(2)8-19-13-7-11(5-6-12(13)18-4)15-17-14(16-3)9-20-15;/h5-7,9-10,16H,8H2,1-4H3;1H. The molecule has 1 aromatic heterocycles. The Bertz CT molecular complexity index is 570. The van der Waals surface area contributed by atoms with Gasteiger partial charge in [-0.15, -0.1) is 12.4 Å². The first-order valence-electron chi connectivity index (χ1n) is 6.58. The van der Waals surface area contributed by atoms with Gasteiger partial charge < -0.3 is 19.2 Å². The van der Waals surface area contributed by atoms with Crippen LogP contribution in [-0.4, -0.2) is 25.7 Å². The molecule has 0 radical (unpaired) electrons. The fourth-order valence-electron chi connectivity index (χ4n) is 1.70. The van der Waals surface area contributed by atoms with Crippen molar-refractivity contribution in [2.24, 2.45) is 5.92 Å². The van der Waals surface area contributed by atoms with E-state index in [1.165, 1.54) is 0 Å². The highest BCUT2D eigenvalue weighted by atomic mass is 35.5. The third-order valence-corrected chi connectivity index (χ3v) is 2.74. The molecule has 1 N–H and O–H groups in total. The quantitative estimate of drug-likeness (QED) is 0.878. The molecule has 0 atom stereocenters. The molecule has 0 unspecified atom stereocenters. The number of hydrogen-bond donors (Lipinski definition) is 1. The number of anilines is 1. The summed E-state index contributed by atoms with van der Waals surface area (Å²) in [6, 6.07) is 5.63. The van der Waals surface area contributed by atoms with Crippen molar-refractivity contribution in [3.8, 4) is 23.0 Å². The van der Waals surface area contributed by atoms with Crippen LogP contribution in [0.5, 0.6) is 11.5 Å². The molecule has 0 saturated carbocycles. The molecular weight excluding hydrogens is 292 g/mol. The van der Waals surface area contributed by atoms with Crippen LogP contribution < -0.4 is 14.8 Å². The van der Waals surface area contributed by atoms with Crippen LogP contribution in [0, 0.1) is 5.92 Å². The van der Waals surface area contributed by atoms with Crippen molar-refractivity contribution < 1.29 is 13.9 Å². The van der Waals surface area contributed by atoms with E-state index in [-0.39, 0.29) is 12.4 Å². The number of halogens is 1. The van der Waals surface area contributed by atoms with Crippen LogP contribution in [0.4, 0.5) is 5.82 Å². The molecule has 0 aliphatic rings. The summed E-state index contributed by atoms with van der Waals surface area (Å²) in [6.07, 6.45) is 1.58. The summed E-state index contributed by atoms with van der Waals surface area (Å²) in [5, 5.41) is 2.93. The summed E-state index contributed by atoms with van der Waals surface area (Å²) in [5.74, 6) is 3.09. The fraction of sp³-hybridized carbons (Fsp3) is 0.400. The van der Waals surface area contributed by atoms with E-state index in [0.29, 0.717) is 35.7 Å². The number of nitrogens with one attached hydrogen (secondary N) is 1. The van der Waals surface area contributed by atoms with Crippen LogP contribution in [0.15, 0.2) is 28.9 Å². The van der Waals surface area contributed by atoms with Crippen LogP contribution in [0.2, 0.25) is 0 Å². The van der Waals surface area contributed by atoms with Crippen molar-refractivity contribution >= 4 is 18.2 Å². The van der Waals surface area contributed by atoms with E-state index in [9.17, 15) is 0 Å². The van der Waals surface area contributed by atoms with Gasteiger partial charge in [0.15, 0.2) is 17.3 Å². The predicted octanol–water partition coefficient (Wildman–Crippen LogP) is 3.85. The molecule has 0 spiro atoms. The molecule has 0 aliphatic carbocycles. The number of ether oxygens (including phenoxy) is 2. The Morgan fingerprint density at radius 2 is 2.05 bits per heavy atom.